The minimum atomic E-state index is 0.499. The number of nitrogens with one attached hydrogen (secondary N) is 1. The monoisotopic (exact) mass is 263 g/mol. The summed E-state index contributed by atoms with van der Waals surface area (Å²) in [5.74, 6) is 2.82. The normalized spacial score (nSPS) is 26.5. The molecule has 2 rings (SSSR count). The number of hydrogen-bond donors (Lipinski definition) is 1. The van der Waals surface area contributed by atoms with Gasteiger partial charge >= 0.3 is 0 Å². The fraction of sp³-hybridized carbons (Fsp3) is 0.812. The molecule has 19 heavy (non-hydrogen) atoms. The largest absolute Gasteiger partial charge is 0.338 e. The zero-order valence-electron chi connectivity index (χ0n) is 12.9. The van der Waals surface area contributed by atoms with Crippen molar-refractivity contribution < 1.29 is 0 Å². The van der Waals surface area contributed by atoms with Crippen molar-refractivity contribution in [2.24, 2.45) is 24.3 Å². The molecule has 3 nitrogen and oxygen atoms in total. The Kier molecular flexibility index (Phi) is 4.67. The van der Waals surface area contributed by atoms with Crippen LogP contribution in [0, 0.1) is 17.3 Å². The molecule has 1 saturated carbocycles. The Balaban J connectivity index is 2.04. The molecule has 3 heteroatoms. The van der Waals surface area contributed by atoms with E-state index in [9.17, 15) is 0 Å². The summed E-state index contributed by atoms with van der Waals surface area (Å²) < 4.78 is 2.17. The van der Waals surface area contributed by atoms with Crippen LogP contribution in [-0.2, 0) is 13.5 Å². The number of rotatable bonds is 5. The van der Waals surface area contributed by atoms with Crippen LogP contribution in [0.5, 0.6) is 0 Å². The molecule has 1 aliphatic rings. The standard InChI is InChI=1S/C16H29N3/c1-5-17-12-13-6-7-16(2,3)11-14(13)10-15-18-8-9-19(15)4/h8-9,13-14,17H,5-7,10-12H2,1-4H3. The molecule has 0 amide bonds. The smallest absolute Gasteiger partial charge is 0.108 e. The van der Waals surface area contributed by atoms with Crippen LogP contribution in [0.3, 0.4) is 0 Å². The second-order valence-corrected chi connectivity index (χ2v) is 6.89. The Morgan fingerprint density at radius 3 is 2.84 bits per heavy atom. The summed E-state index contributed by atoms with van der Waals surface area (Å²) in [5, 5.41) is 3.54. The van der Waals surface area contributed by atoms with E-state index in [1.54, 1.807) is 0 Å². The molecule has 1 fully saturated rings. The predicted molar refractivity (Wildman–Crippen MR) is 80.1 cm³/mol. The third-order valence-electron chi connectivity index (χ3n) is 4.70. The van der Waals surface area contributed by atoms with Gasteiger partial charge in [-0.15, -0.1) is 0 Å². The average Bonchev–Trinajstić information content (AvgIpc) is 2.73. The van der Waals surface area contributed by atoms with Crippen molar-refractivity contribution in [3.63, 3.8) is 0 Å². The Labute approximate surface area is 117 Å². The van der Waals surface area contributed by atoms with Crippen LogP contribution in [0.15, 0.2) is 12.4 Å². The van der Waals surface area contributed by atoms with E-state index < -0.39 is 0 Å². The van der Waals surface area contributed by atoms with Gasteiger partial charge in [0.25, 0.3) is 0 Å². The average molecular weight is 263 g/mol. The summed E-state index contributed by atoms with van der Waals surface area (Å²) >= 11 is 0. The van der Waals surface area contributed by atoms with Crippen molar-refractivity contribution in [3.05, 3.63) is 18.2 Å². The van der Waals surface area contributed by atoms with Crippen LogP contribution in [0.2, 0.25) is 0 Å². The first-order chi connectivity index (χ1) is 9.02. The lowest BCUT2D eigenvalue weighted by atomic mass is 9.66. The van der Waals surface area contributed by atoms with Gasteiger partial charge in [-0.2, -0.15) is 0 Å². The summed E-state index contributed by atoms with van der Waals surface area (Å²) in [6.45, 7) is 9.28. The highest BCUT2D eigenvalue weighted by molar-refractivity contribution is 4.97. The zero-order valence-corrected chi connectivity index (χ0v) is 12.9. The number of imidazole rings is 1. The molecule has 2 atom stereocenters. The first-order valence-electron chi connectivity index (χ1n) is 7.69. The first-order valence-corrected chi connectivity index (χ1v) is 7.69. The maximum absolute atomic E-state index is 4.51. The molecule has 0 bridgehead atoms. The van der Waals surface area contributed by atoms with Gasteiger partial charge in [0.1, 0.15) is 5.82 Å². The molecule has 0 aliphatic heterocycles. The Morgan fingerprint density at radius 2 is 2.21 bits per heavy atom. The van der Waals surface area contributed by atoms with E-state index in [1.807, 2.05) is 6.20 Å². The maximum atomic E-state index is 4.51. The van der Waals surface area contributed by atoms with E-state index >= 15 is 0 Å². The Hall–Kier alpha value is -0.830. The Morgan fingerprint density at radius 1 is 1.42 bits per heavy atom. The molecule has 0 saturated heterocycles. The zero-order chi connectivity index (χ0) is 13.9. The molecule has 1 heterocycles. The van der Waals surface area contributed by atoms with E-state index in [0.717, 1.165) is 24.8 Å². The number of nitrogens with zero attached hydrogens (tertiary/aromatic N) is 2. The molecule has 108 valence electrons. The molecule has 0 radical (unpaired) electrons. The lowest BCUT2D eigenvalue weighted by Crippen LogP contribution is -2.37. The molecule has 1 aromatic heterocycles. The molecular weight excluding hydrogens is 234 g/mol. The van der Waals surface area contributed by atoms with Gasteiger partial charge in [0, 0.05) is 25.9 Å². The highest BCUT2D eigenvalue weighted by Crippen LogP contribution is 2.42. The highest BCUT2D eigenvalue weighted by Gasteiger charge is 2.35. The van der Waals surface area contributed by atoms with Crippen LogP contribution in [-0.4, -0.2) is 22.6 Å². The number of hydrogen-bond acceptors (Lipinski definition) is 2. The SMILES string of the molecule is CCNCC1CCC(C)(C)CC1Cc1nccn1C. The third-order valence-corrected chi connectivity index (χ3v) is 4.70. The van der Waals surface area contributed by atoms with Crippen LogP contribution >= 0.6 is 0 Å². The van der Waals surface area contributed by atoms with Crippen molar-refractivity contribution in [3.8, 4) is 0 Å². The summed E-state index contributed by atoms with van der Waals surface area (Å²) in [6, 6.07) is 0. The van der Waals surface area contributed by atoms with Crippen LogP contribution in [0.4, 0.5) is 0 Å². The van der Waals surface area contributed by atoms with Crippen LogP contribution < -0.4 is 5.32 Å². The van der Waals surface area contributed by atoms with Crippen molar-refractivity contribution in [2.45, 2.75) is 46.5 Å². The van der Waals surface area contributed by atoms with Gasteiger partial charge in [0.05, 0.1) is 0 Å². The van der Waals surface area contributed by atoms with Crippen LogP contribution in [0.25, 0.3) is 0 Å². The van der Waals surface area contributed by atoms with Crippen molar-refractivity contribution in [2.75, 3.05) is 13.1 Å². The lowest BCUT2D eigenvalue weighted by Gasteiger charge is -2.41. The van der Waals surface area contributed by atoms with E-state index in [0.29, 0.717) is 5.41 Å². The first kappa shape index (κ1) is 14.6. The van der Waals surface area contributed by atoms with Crippen molar-refractivity contribution in [1.82, 2.24) is 14.9 Å². The van der Waals surface area contributed by atoms with Gasteiger partial charge < -0.3 is 9.88 Å². The Bertz CT molecular complexity index is 394. The van der Waals surface area contributed by atoms with E-state index in [1.165, 1.54) is 31.6 Å². The minimum Gasteiger partial charge on any atom is -0.338 e. The molecule has 0 aromatic carbocycles. The maximum Gasteiger partial charge on any atom is 0.108 e. The fourth-order valence-corrected chi connectivity index (χ4v) is 3.46. The predicted octanol–water partition coefficient (Wildman–Crippen LogP) is 3.01. The van der Waals surface area contributed by atoms with Crippen molar-refractivity contribution >= 4 is 0 Å². The lowest BCUT2D eigenvalue weighted by molar-refractivity contribution is 0.114. The molecule has 1 aromatic rings. The van der Waals surface area contributed by atoms with Gasteiger partial charge in [-0.3, -0.25) is 0 Å². The molecule has 1 N–H and O–H groups in total. The molecular formula is C16H29N3. The van der Waals surface area contributed by atoms with Crippen molar-refractivity contribution in [1.29, 1.82) is 0 Å². The van der Waals surface area contributed by atoms with Gasteiger partial charge in [0.15, 0.2) is 0 Å². The topological polar surface area (TPSA) is 29.9 Å². The minimum absolute atomic E-state index is 0.499. The summed E-state index contributed by atoms with van der Waals surface area (Å²) in [7, 11) is 2.11. The van der Waals surface area contributed by atoms with Gasteiger partial charge in [0.2, 0.25) is 0 Å². The summed E-state index contributed by atoms with van der Waals surface area (Å²) in [6.07, 6.45) is 9.15. The molecule has 1 aliphatic carbocycles. The van der Waals surface area contributed by atoms with Crippen LogP contribution in [0.1, 0.15) is 45.9 Å². The number of aromatic nitrogens is 2. The fourth-order valence-electron chi connectivity index (χ4n) is 3.46. The second kappa shape index (κ2) is 6.08. The summed E-state index contributed by atoms with van der Waals surface area (Å²) in [4.78, 5) is 4.51. The quantitative estimate of drug-likeness (QED) is 0.885. The van der Waals surface area contributed by atoms with Gasteiger partial charge in [-0.05, 0) is 49.6 Å². The van der Waals surface area contributed by atoms with Gasteiger partial charge in [-0.1, -0.05) is 20.8 Å². The number of aryl methyl sites for hydroxylation is 1. The summed E-state index contributed by atoms with van der Waals surface area (Å²) in [5.41, 5.74) is 0.499. The van der Waals surface area contributed by atoms with E-state index in [2.05, 4.69) is 48.9 Å². The second-order valence-electron chi connectivity index (χ2n) is 6.89. The van der Waals surface area contributed by atoms with E-state index in [4.69, 9.17) is 0 Å². The highest BCUT2D eigenvalue weighted by atomic mass is 15.0. The third kappa shape index (κ3) is 3.82. The molecule has 2 unspecified atom stereocenters. The molecule has 0 spiro atoms. The van der Waals surface area contributed by atoms with E-state index in [-0.39, 0.29) is 0 Å². The van der Waals surface area contributed by atoms with Gasteiger partial charge in [-0.25, -0.2) is 4.98 Å².